The minimum atomic E-state index is -0.962. The number of aliphatic hydroxyl groups is 2. The summed E-state index contributed by atoms with van der Waals surface area (Å²) in [7, 11) is 0. The topological polar surface area (TPSA) is 62.6 Å². The number of ether oxygens (including phenoxy) is 1. The molecule has 1 unspecified atom stereocenters. The summed E-state index contributed by atoms with van der Waals surface area (Å²) in [6, 6.07) is 22.5. The number of aliphatic hydroxyl groups excluding tert-OH is 2. The van der Waals surface area contributed by atoms with E-state index < -0.39 is 6.10 Å². The predicted octanol–water partition coefficient (Wildman–Crippen LogP) is 3.57. The minimum Gasteiger partial charge on any atom is -0.457 e. The van der Waals surface area contributed by atoms with Gasteiger partial charge < -0.3 is 14.9 Å². The lowest BCUT2D eigenvalue weighted by molar-refractivity contribution is 0.0923. The highest BCUT2D eigenvalue weighted by Gasteiger charge is 2.09. The molecular weight excluding hydrogens is 290 g/mol. The van der Waals surface area contributed by atoms with Crippen LogP contribution < -0.4 is 4.74 Å². The fourth-order valence-corrected chi connectivity index (χ4v) is 2.21. The van der Waals surface area contributed by atoms with E-state index >= 15 is 0 Å². The first kappa shape index (κ1) is 15.2. The van der Waals surface area contributed by atoms with E-state index in [4.69, 9.17) is 9.84 Å². The Kier molecular flexibility index (Phi) is 4.66. The number of benzene rings is 2. The number of pyridine rings is 1. The van der Waals surface area contributed by atoms with Crippen molar-refractivity contribution >= 4 is 0 Å². The summed E-state index contributed by atoms with van der Waals surface area (Å²) in [5.74, 6) is 1.53. The van der Waals surface area contributed by atoms with E-state index in [1.807, 2.05) is 66.7 Å². The van der Waals surface area contributed by atoms with Crippen LogP contribution in [0.1, 0.15) is 11.8 Å². The van der Waals surface area contributed by atoms with Gasteiger partial charge in [-0.05, 0) is 48.5 Å². The second kappa shape index (κ2) is 7.05. The highest BCUT2D eigenvalue weighted by atomic mass is 16.5. The highest BCUT2D eigenvalue weighted by Crippen LogP contribution is 2.25. The molecule has 0 saturated heterocycles. The van der Waals surface area contributed by atoms with Crippen LogP contribution in [0.2, 0.25) is 0 Å². The van der Waals surface area contributed by atoms with Crippen LogP contribution in [-0.2, 0) is 0 Å². The van der Waals surface area contributed by atoms with Crippen LogP contribution in [0.25, 0.3) is 11.3 Å². The first-order valence-electron chi connectivity index (χ1n) is 7.35. The van der Waals surface area contributed by atoms with Gasteiger partial charge in [0.2, 0.25) is 0 Å². The molecule has 3 aromatic rings. The Morgan fingerprint density at radius 3 is 2.22 bits per heavy atom. The highest BCUT2D eigenvalue weighted by molar-refractivity contribution is 5.60. The lowest BCUT2D eigenvalue weighted by atomic mass is 10.1. The zero-order valence-electron chi connectivity index (χ0n) is 12.5. The second-order valence-corrected chi connectivity index (χ2v) is 5.09. The van der Waals surface area contributed by atoms with Gasteiger partial charge in [-0.1, -0.05) is 24.3 Å². The average Bonchev–Trinajstić information content (AvgIpc) is 2.62. The first-order valence-corrected chi connectivity index (χ1v) is 7.35. The standard InChI is InChI=1S/C19H17NO3/c21-13-19(22)18-8-4-7-17(20-18)14-9-11-16(12-10-14)23-15-5-2-1-3-6-15/h1-12,19,21-22H,13H2. The molecule has 0 spiro atoms. The third-order valence-corrected chi connectivity index (χ3v) is 3.41. The van der Waals surface area contributed by atoms with E-state index in [0.29, 0.717) is 5.69 Å². The van der Waals surface area contributed by atoms with Gasteiger partial charge in [-0.2, -0.15) is 0 Å². The SMILES string of the molecule is OCC(O)c1cccc(-c2ccc(Oc3ccccc3)cc2)n1. The maximum atomic E-state index is 9.68. The fourth-order valence-electron chi connectivity index (χ4n) is 2.21. The number of rotatable bonds is 5. The summed E-state index contributed by atoms with van der Waals surface area (Å²) in [5.41, 5.74) is 2.10. The van der Waals surface area contributed by atoms with Gasteiger partial charge in [0.1, 0.15) is 17.6 Å². The van der Waals surface area contributed by atoms with Crippen molar-refractivity contribution in [2.24, 2.45) is 0 Å². The van der Waals surface area contributed by atoms with Gasteiger partial charge in [0.25, 0.3) is 0 Å². The van der Waals surface area contributed by atoms with E-state index in [1.54, 1.807) is 6.07 Å². The van der Waals surface area contributed by atoms with Crippen molar-refractivity contribution in [1.29, 1.82) is 0 Å². The van der Waals surface area contributed by atoms with Crippen LogP contribution in [0.3, 0.4) is 0 Å². The van der Waals surface area contributed by atoms with Gasteiger partial charge in [-0.25, -0.2) is 4.98 Å². The van der Waals surface area contributed by atoms with Gasteiger partial charge in [0.05, 0.1) is 18.0 Å². The van der Waals surface area contributed by atoms with E-state index in [-0.39, 0.29) is 6.61 Å². The van der Waals surface area contributed by atoms with Crippen LogP contribution in [-0.4, -0.2) is 21.8 Å². The number of hydrogen-bond acceptors (Lipinski definition) is 4. The Balaban J connectivity index is 1.79. The summed E-state index contributed by atoms with van der Waals surface area (Å²) in [4.78, 5) is 4.38. The Morgan fingerprint density at radius 1 is 0.826 bits per heavy atom. The molecule has 0 aliphatic heterocycles. The van der Waals surface area contributed by atoms with Gasteiger partial charge in [-0.15, -0.1) is 0 Å². The second-order valence-electron chi connectivity index (χ2n) is 5.09. The van der Waals surface area contributed by atoms with Crippen LogP contribution in [0.15, 0.2) is 72.8 Å². The molecule has 0 bridgehead atoms. The van der Waals surface area contributed by atoms with Gasteiger partial charge in [0.15, 0.2) is 0 Å². The minimum absolute atomic E-state index is 0.347. The molecule has 2 N–H and O–H groups in total. The molecule has 0 aliphatic rings. The third-order valence-electron chi connectivity index (χ3n) is 3.41. The molecule has 0 saturated carbocycles. The zero-order chi connectivity index (χ0) is 16.1. The van der Waals surface area contributed by atoms with Crippen LogP contribution >= 0.6 is 0 Å². The summed E-state index contributed by atoms with van der Waals surface area (Å²) in [6.07, 6.45) is -0.962. The van der Waals surface area contributed by atoms with Crippen molar-refractivity contribution in [3.8, 4) is 22.8 Å². The molecule has 23 heavy (non-hydrogen) atoms. The maximum absolute atomic E-state index is 9.68. The van der Waals surface area contributed by atoms with Crippen molar-refractivity contribution < 1.29 is 14.9 Å². The van der Waals surface area contributed by atoms with Crippen molar-refractivity contribution in [2.45, 2.75) is 6.10 Å². The average molecular weight is 307 g/mol. The van der Waals surface area contributed by atoms with Gasteiger partial charge in [0, 0.05) is 5.56 Å². The molecule has 4 heteroatoms. The lowest BCUT2D eigenvalue weighted by Gasteiger charge is -2.09. The smallest absolute Gasteiger partial charge is 0.127 e. The number of aromatic nitrogens is 1. The predicted molar refractivity (Wildman–Crippen MR) is 88.2 cm³/mol. The number of hydrogen-bond donors (Lipinski definition) is 2. The van der Waals surface area contributed by atoms with Crippen molar-refractivity contribution in [2.75, 3.05) is 6.61 Å². The summed E-state index contributed by atoms with van der Waals surface area (Å²) in [6.45, 7) is -0.347. The monoisotopic (exact) mass is 307 g/mol. The molecule has 4 nitrogen and oxygen atoms in total. The van der Waals surface area contributed by atoms with Crippen molar-refractivity contribution in [3.05, 3.63) is 78.5 Å². The Bertz CT molecular complexity index is 757. The van der Waals surface area contributed by atoms with Gasteiger partial charge in [-0.3, -0.25) is 0 Å². The molecule has 1 atom stereocenters. The quantitative estimate of drug-likeness (QED) is 0.756. The molecule has 0 amide bonds. The van der Waals surface area contributed by atoms with E-state index in [9.17, 15) is 5.11 Å². The first-order chi connectivity index (χ1) is 11.3. The van der Waals surface area contributed by atoms with Gasteiger partial charge >= 0.3 is 0 Å². The van der Waals surface area contributed by atoms with E-state index in [0.717, 1.165) is 22.8 Å². The van der Waals surface area contributed by atoms with Crippen LogP contribution in [0.5, 0.6) is 11.5 Å². The fraction of sp³-hybridized carbons (Fsp3) is 0.105. The molecule has 1 aromatic heterocycles. The summed E-state index contributed by atoms with van der Waals surface area (Å²) >= 11 is 0. The molecule has 1 heterocycles. The van der Waals surface area contributed by atoms with Crippen molar-refractivity contribution in [1.82, 2.24) is 4.98 Å². The third kappa shape index (κ3) is 3.74. The maximum Gasteiger partial charge on any atom is 0.127 e. The largest absolute Gasteiger partial charge is 0.457 e. The molecule has 0 radical (unpaired) electrons. The molecule has 3 rings (SSSR count). The normalized spacial score (nSPS) is 11.9. The summed E-state index contributed by atoms with van der Waals surface area (Å²) in [5, 5.41) is 18.7. The molecule has 116 valence electrons. The Hall–Kier alpha value is -2.69. The number of nitrogens with zero attached hydrogens (tertiary/aromatic N) is 1. The molecule has 2 aromatic carbocycles. The molecule has 0 fully saturated rings. The van der Waals surface area contributed by atoms with E-state index in [1.165, 1.54) is 0 Å². The summed E-state index contributed by atoms with van der Waals surface area (Å²) < 4.78 is 5.76. The Labute approximate surface area is 134 Å². The number of para-hydroxylation sites is 1. The molecular formula is C19H17NO3. The van der Waals surface area contributed by atoms with Crippen LogP contribution in [0, 0.1) is 0 Å². The van der Waals surface area contributed by atoms with Crippen LogP contribution in [0.4, 0.5) is 0 Å². The van der Waals surface area contributed by atoms with Crippen molar-refractivity contribution in [3.63, 3.8) is 0 Å². The van der Waals surface area contributed by atoms with E-state index in [2.05, 4.69) is 4.98 Å². The lowest BCUT2D eigenvalue weighted by Crippen LogP contribution is -2.05. The Morgan fingerprint density at radius 2 is 1.52 bits per heavy atom. The zero-order valence-corrected chi connectivity index (χ0v) is 12.5. The molecule has 0 aliphatic carbocycles.